The summed E-state index contributed by atoms with van der Waals surface area (Å²) in [6, 6.07) is 2.81. The highest BCUT2D eigenvalue weighted by atomic mass is 16.4. The van der Waals surface area contributed by atoms with Crippen molar-refractivity contribution in [1.82, 2.24) is 10.6 Å². The quantitative estimate of drug-likeness (QED) is 0.724. The number of carbonyl (C=O) groups excluding carboxylic acids is 1. The van der Waals surface area contributed by atoms with Crippen LogP contribution in [0.15, 0.2) is 22.8 Å². The molecule has 0 fully saturated rings. The molecule has 0 aromatic carbocycles. The van der Waals surface area contributed by atoms with Crippen LogP contribution in [0.25, 0.3) is 0 Å². The molecule has 1 aromatic rings. The summed E-state index contributed by atoms with van der Waals surface area (Å²) in [5.74, 6) is -0.907. The predicted octanol–water partition coefficient (Wildman–Crippen LogP) is 1.36. The number of rotatable bonds is 5. The third-order valence-electron chi connectivity index (χ3n) is 2.31. The lowest BCUT2D eigenvalue weighted by molar-refractivity contribution is -0.140. The largest absolute Gasteiger partial charge is 0.481 e. The Morgan fingerprint density at radius 3 is 2.71 bits per heavy atom. The molecule has 0 aliphatic heterocycles. The number of nitrogens with one attached hydrogen (secondary N) is 2. The average molecular weight is 240 g/mol. The Hall–Kier alpha value is -1.98. The normalized spacial score (nSPS) is 13.8. The van der Waals surface area contributed by atoms with E-state index < -0.39 is 17.9 Å². The van der Waals surface area contributed by atoms with Crippen molar-refractivity contribution in [2.24, 2.45) is 5.92 Å². The molecule has 1 heterocycles. The van der Waals surface area contributed by atoms with Crippen molar-refractivity contribution < 1.29 is 19.1 Å². The highest BCUT2D eigenvalue weighted by molar-refractivity contribution is 5.76. The number of hydrogen-bond acceptors (Lipinski definition) is 3. The first-order valence-electron chi connectivity index (χ1n) is 5.31. The predicted molar refractivity (Wildman–Crippen MR) is 60.5 cm³/mol. The van der Waals surface area contributed by atoms with Gasteiger partial charge in [-0.25, -0.2) is 4.79 Å². The highest BCUT2D eigenvalue weighted by Gasteiger charge is 2.14. The lowest BCUT2D eigenvalue weighted by atomic mass is 10.2. The van der Waals surface area contributed by atoms with E-state index in [0.29, 0.717) is 5.76 Å². The van der Waals surface area contributed by atoms with E-state index in [-0.39, 0.29) is 12.6 Å². The van der Waals surface area contributed by atoms with E-state index in [0.717, 1.165) is 0 Å². The van der Waals surface area contributed by atoms with Crippen LogP contribution in [0.3, 0.4) is 0 Å². The van der Waals surface area contributed by atoms with Crippen molar-refractivity contribution in [3.05, 3.63) is 24.2 Å². The molecule has 0 aliphatic carbocycles. The van der Waals surface area contributed by atoms with E-state index in [1.165, 1.54) is 13.2 Å². The fourth-order valence-electron chi connectivity index (χ4n) is 1.19. The number of urea groups is 1. The minimum atomic E-state index is -0.940. The second kappa shape index (κ2) is 5.93. The van der Waals surface area contributed by atoms with Crippen LogP contribution in [0.1, 0.15) is 25.6 Å². The maximum Gasteiger partial charge on any atom is 0.315 e. The minimum absolute atomic E-state index is 0.0893. The van der Waals surface area contributed by atoms with Crippen molar-refractivity contribution >= 4 is 12.0 Å². The lowest BCUT2D eigenvalue weighted by Gasteiger charge is -2.13. The number of carbonyl (C=O) groups is 2. The summed E-state index contributed by atoms with van der Waals surface area (Å²) in [6.45, 7) is 3.39. The van der Waals surface area contributed by atoms with Gasteiger partial charge >= 0.3 is 12.0 Å². The van der Waals surface area contributed by atoms with Crippen LogP contribution >= 0.6 is 0 Å². The second-order valence-corrected chi connectivity index (χ2v) is 3.83. The molecule has 0 aliphatic rings. The standard InChI is InChI=1S/C11H16N2O4/c1-7(10(14)15)6-12-11(16)13-8(2)9-4-3-5-17-9/h3-5,7-8H,6H2,1-2H3,(H,14,15)(H2,12,13,16). The molecule has 17 heavy (non-hydrogen) atoms. The van der Waals surface area contributed by atoms with E-state index in [4.69, 9.17) is 9.52 Å². The molecule has 2 unspecified atom stereocenters. The summed E-state index contributed by atoms with van der Waals surface area (Å²) in [5, 5.41) is 13.8. The zero-order chi connectivity index (χ0) is 12.8. The van der Waals surface area contributed by atoms with Crippen LogP contribution in [0.2, 0.25) is 0 Å². The van der Waals surface area contributed by atoms with Gasteiger partial charge in [0, 0.05) is 6.54 Å². The van der Waals surface area contributed by atoms with E-state index in [9.17, 15) is 9.59 Å². The molecular formula is C11H16N2O4. The summed E-state index contributed by atoms with van der Waals surface area (Å²) < 4.78 is 5.12. The van der Waals surface area contributed by atoms with Crippen LogP contribution in [-0.2, 0) is 4.79 Å². The zero-order valence-electron chi connectivity index (χ0n) is 9.77. The molecule has 0 bridgehead atoms. The SMILES string of the molecule is CC(CNC(=O)NC(C)c1ccco1)C(=O)O. The summed E-state index contributed by atoms with van der Waals surface area (Å²) in [5.41, 5.74) is 0. The van der Waals surface area contributed by atoms with Crippen molar-refractivity contribution in [2.45, 2.75) is 19.9 Å². The van der Waals surface area contributed by atoms with Gasteiger partial charge in [0.05, 0.1) is 18.2 Å². The Morgan fingerprint density at radius 1 is 1.47 bits per heavy atom. The Bertz CT molecular complexity index is 375. The van der Waals surface area contributed by atoms with Crippen LogP contribution in [0, 0.1) is 5.92 Å². The average Bonchev–Trinajstić information content (AvgIpc) is 2.78. The molecule has 0 saturated heterocycles. The molecule has 1 aromatic heterocycles. The maximum atomic E-state index is 11.4. The molecule has 6 nitrogen and oxygen atoms in total. The zero-order valence-corrected chi connectivity index (χ0v) is 9.77. The molecule has 0 saturated carbocycles. The number of carboxylic acids is 1. The van der Waals surface area contributed by atoms with Crippen LogP contribution in [-0.4, -0.2) is 23.7 Å². The van der Waals surface area contributed by atoms with E-state index in [2.05, 4.69) is 10.6 Å². The molecular weight excluding hydrogens is 224 g/mol. The van der Waals surface area contributed by atoms with E-state index >= 15 is 0 Å². The molecule has 1 rings (SSSR count). The monoisotopic (exact) mass is 240 g/mol. The Morgan fingerprint density at radius 2 is 2.18 bits per heavy atom. The molecule has 0 radical (unpaired) electrons. The molecule has 2 atom stereocenters. The minimum Gasteiger partial charge on any atom is -0.481 e. The maximum absolute atomic E-state index is 11.4. The molecule has 94 valence electrons. The summed E-state index contributed by atoms with van der Waals surface area (Å²) in [7, 11) is 0. The van der Waals surface area contributed by atoms with Gasteiger partial charge in [-0.3, -0.25) is 4.79 Å². The molecule has 0 spiro atoms. The number of aliphatic carboxylic acids is 1. The van der Waals surface area contributed by atoms with Gasteiger partial charge in [-0.05, 0) is 19.1 Å². The first-order chi connectivity index (χ1) is 8.00. The van der Waals surface area contributed by atoms with Gasteiger partial charge < -0.3 is 20.2 Å². The van der Waals surface area contributed by atoms with E-state index in [1.54, 1.807) is 19.1 Å². The summed E-state index contributed by atoms with van der Waals surface area (Å²) >= 11 is 0. The van der Waals surface area contributed by atoms with Gasteiger partial charge in [-0.15, -0.1) is 0 Å². The first kappa shape index (κ1) is 13.1. The molecule has 2 amide bonds. The van der Waals surface area contributed by atoms with Crippen molar-refractivity contribution in [2.75, 3.05) is 6.54 Å². The van der Waals surface area contributed by atoms with Gasteiger partial charge in [0.25, 0.3) is 0 Å². The summed E-state index contributed by atoms with van der Waals surface area (Å²) in [6.07, 6.45) is 1.53. The van der Waals surface area contributed by atoms with Gasteiger partial charge in [0.15, 0.2) is 0 Å². The topological polar surface area (TPSA) is 91.6 Å². The molecule has 6 heteroatoms. The van der Waals surface area contributed by atoms with Crippen molar-refractivity contribution in [3.8, 4) is 0 Å². The Kier molecular flexibility index (Phi) is 4.56. The molecule has 3 N–H and O–H groups in total. The highest BCUT2D eigenvalue weighted by Crippen LogP contribution is 2.11. The van der Waals surface area contributed by atoms with E-state index in [1.807, 2.05) is 0 Å². The Balaban J connectivity index is 2.32. The Labute approximate surface area is 99.0 Å². The number of furan rings is 1. The van der Waals surface area contributed by atoms with Crippen molar-refractivity contribution in [3.63, 3.8) is 0 Å². The number of amides is 2. The van der Waals surface area contributed by atoms with Gasteiger partial charge in [-0.1, -0.05) is 6.92 Å². The lowest BCUT2D eigenvalue weighted by Crippen LogP contribution is -2.40. The third-order valence-corrected chi connectivity index (χ3v) is 2.31. The van der Waals surface area contributed by atoms with Crippen LogP contribution in [0.5, 0.6) is 0 Å². The van der Waals surface area contributed by atoms with Crippen LogP contribution < -0.4 is 10.6 Å². The fourth-order valence-corrected chi connectivity index (χ4v) is 1.19. The second-order valence-electron chi connectivity index (χ2n) is 3.83. The van der Waals surface area contributed by atoms with Gasteiger partial charge in [0.1, 0.15) is 5.76 Å². The number of carboxylic acid groups (broad SMARTS) is 1. The third kappa shape index (κ3) is 4.18. The van der Waals surface area contributed by atoms with Gasteiger partial charge in [-0.2, -0.15) is 0 Å². The smallest absolute Gasteiger partial charge is 0.315 e. The van der Waals surface area contributed by atoms with Gasteiger partial charge in [0.2, 0.25) is 0 Å². The van der Waals surface area contributed by atoms with Crippen LogP contribution in [0.4, 0.5) is 4.79 Å². The first-order valence-corrected chi connectivity index (χ1v) is 5.31. The van der Waals surface area contributed by atoms with Crippen molar-refractivity contribution in [1.29, 1.82) is 0 Å². The fraction of sp³-hybridized carbons (Fsp3) is 0.455. The number of hydrogen-bond donors (Lipinski definition) is 3. The summed E-state index contributed by atoms with van der Waals surface area (Å²) in [4.78, 5) is 22.0.